The molecule has 0 saturated heterocycles. The third-order valence-corrected chi connectivity index (χ3v) is 4.86. The first-order chi connectivity index (χ1) is 13.2. The quantitative estimate of drug-likeness (QED) is 0.728. The number of nitrogens with zero attached hydrogens (tertiary/aromatic N) is 1. The Labute approximate surface area is 161 Å². The van der Waals surface area contributed by atoms with Crippen LogP contribution in [0.4, 0.5) is 0 Å². The maximum Gasteiger partial charge on any atom is 0.226 e. The zero-order chi connectivity index (χ0) is 19.1. The Kier molecular flexibility index (Phi) is 6.71. The van der Waals surface area contributed by atoms with Gasteiger partial charge in [-0.25, -0.2) is 0 Å². The van der Waals surface area contributed by atoms with Gasteiger partial charge >= 0.3 is 0 Å². The second-order valence-corrected chi connectivity index (χ2v) is 7.05. The smallest absolute Gasteiger partial charge is 0.226 e. The molecule has 1 N–H and O–H groups in total. The first-order valence-electron chi connectivity index (χ1n) is 9.45. The van der Waals surface area contributed by atoms with Crippen molar-refractivity contribution in [3.05, 3.63) is 59.7 Å². The number of ether oxygens (including phenoxy) is 2. The topological polar surface area (TPSA) is 50.8 Å². The number of nitrogens with one attached hydrogen (secondary N) is 1. The van der Waals surface area contributed by atoms with E-state index in [1.54, 1.807) is 7.11 Å². The molecular weight excluding hydrogens is 340 g/mol. The molecular formula is C22H28N2O3. The van der Waals surface area contributed by atoms with E-state index in [1.165, 1.54) is 5.56 Å². The Morgan fingerprint density at radius 3 is 2.85 bits per heavy atom. The number of hydrogen-bond acceptors (Lipinski definition) is 4. The summed E-state index contributed by atoms with van der Waals surface area (Å²) >= 11 is 0. The molecule has 0 saturated carbocycles. The van der Waals surface area contributed by atoms with Crippen LogP contribution in [0, 0.1) is 5.92 Å². The molecule has 0 spiro atoms. The number of amides is 1. The number of rotatable bonds is 8. The van der Waals surface area contributed by atoms with Gasteiger partial charge in [-0.2, -0.15) is 0 Å². The summed E-state index contributed by atoms with van der Waals surface area (Å²) in [4.78, 5) is 14.7. The lowest BCUT2D eigenvalue weighted by atomic mass is 9.96. The van der Waals surface area contributed by atoms with Crippen LogP contribution in [0.2, 0.25) is 0 Å². The molecule has 144 valence electrons. The summed E-state index contributed by atoms with van der Waals surface area (Å²) in [5.41, 5.74) is 2.33. The molecule has 27 heavy (non-hydrogen) atoms. The van der Waals surface area contributed by atoms with E-state index in [9.17, 15) is 4.79 Å². The fourth-order valence-electron chi connectivity index (χ4n) is 3.35. The number of benzene rings is 2. The standard InChI is InChI=1S/C22H28N2O3/c1-24(15-17-7-4-3-5-8-17)12-6-11-23-22(25)19-13-18-14-20(26-2)9-10-21(18)27-16-19/h3-5,7-10,14,19H,6,11-13,15-16H2,1-2H3,(H,23,25)/t19-/m1/s1. The average molecular weight is 368 g/mol. The van der Waals surface area contributed by atoms with E-state index in [1.807, 2.05) is 24.3 Å². The fourth-order valence-corrected chi connectivity index (χ4v) is 3.35. The van der Waals surface area contributed by atoms with Gasteiger partial charge in [0.15, 0.2) is 0 Å². The lowest BCUT2D eigenvalue weighted by Crippen LogP contribution is -2.38. The molecule has 1 amide bonds. The average Bonchev–Trinajstić information content (AvgIpc) is 2.71. The summed E-state index contributed by atoms with van der Waals surface area (Å²) in [6.45, 7) is 2.97. The summed E-state index contributed by atoms with van der Waals surface area (Å²) in [6.07, 6.45) is 1.61. The monoisotopic (exact) mass is 368 g/mol. The first-order valence-corrected chi connectivity index (χ1v) is 9.45. The minimum absolute atomic E-state index is 0.0641. The highest BCUT2D eigenvalue weighted by atomic mass is 16.5. The van der Waals surface area contributed by atoms with Crippen LogP contribution in [0.5, 0.6) is 11.5 Å². The predicted molar refractivity (Wildman–Crippen MR) is 106 cm³/mol. The van der Waals surface area contributed by atoms with Gasteiger partial charge in [0.2, 0.25) is 5.91 Å². The molecule has 0 bridgehead atoms. The van der Waals surface area contributed by atoms with Crippen LogP contribution in [0.3, 0.4) is 0 Å². The molecule has 2 aromatic carbocycles. The molecule has 0 aromatic heterocycles. The van der Waals surface area contributed by atoms with E-state index in [2.05, 4.69) is 41.5 Å². The molecule has 5 nitrogen and oxygen atoms in total. The van der Waals surface area contributed by atoms with Crippen LogP contribution < -0.4 is 14.8 Å². The van der Waals surface area contributed by atoms with Gasteiger partial charge in [0.25, 0.3) is 0 Å². The van der Waals surface area contributed by atoms with E-state index in [0.29, 0.717) is 19.6 Å². The number of carbonyl (C=O) groups is 1. The minimum atomic E-state index is -0.147. The Bertz CT molecular complexity index is 748. The maximum atomic E-state index is 12.5. The molecule has 2 aromatic rings. The highest BCUT2D eigenvalue weighted by molar-refractivity contribution is 5.79. The van der Waals surface area contributed by atoms with Crippen molar-refractivity contribution >= 4 is 5.91 Å². The first kappa shape index (κ1) is 19.2. The van der Waals surface area contributed by atoms with E-state index < -0.39 is 0 Å². The van der Waals surface area contributed by atoms with Crippen molar-refractivity contribution in [2.45, 2.75) is 19.4 Å². The molecule has 0 aliphatic carbocycles. The number of fused-ring (bicyclic) bond motifs is 1. The molecule has 5 heteroatoms. The zero-order valence-electron chi connectivity index (χ0n) is 16.1. The summed E-state index contributed by atoms with van der Waals surface area (Å²) in [5, 5.41) is 3.05. The largest absolute Gasteiger partial charge is 0.497 e. The zero-order valence-corrected chi connectivity index (χ0v) is 16.1. The Morgan fingerprint density at radius 2 is 2.07 bits per heavy atom. The fraction of sp³-hybridized carbons (Fsp3) is 0.409. The lowest BCUT2D eigenvalue weighted by Gasteiger charge is -2.25. The molecule has 1 heterocycles. The van der Waals surface area contributed by atoms with Gasteiger partial charge in [-0.15, -0.1) is 0 Å². The van der Waals surface area contributed by atoms with Crippen molar-refractivity contribution in [3.63, 3.8) is 0 Å². The Morgan fingerprint density at radius 1 is 1.26 bits per heavy atom. The van der Waals surface area contributed by atoms with Crippen molar-refractivity contribution in [1.29, 1.82) is 0 Å². The molecule has 0 radical (unpaired) electrons. The van der Waals surface area contributed by atoms with Gasteiger partial charge in [0.05, 0.1) is 13.0 Å². The van der Waals surface area contributed by atoms with E-state index in [4.69, 9.17) is 9.47 Å². The molecule has 0 unspecified atom stereocenters. The van der Waals surface area contributed by atoms with Crippen LogP contribution in [0.25, 0.3) is 0 Å². The van der Waals surface area contributed by atoms with Crippen molar-refractivity contribution < 1.29 is 14.3 Å². The second kappa shape index (κ2) is 9.42. The van der Waals surface area contributed by atoms with Gasteiger partial charge in [-0.05, 0) is 55.8 Å². The van der Waals surface area contributed by atoms with Crippen LogP contribution in [0.15, 0.2) is 48.5 Å². The van der Waals surface area contributed by atoms with Crippen molar-refractivity contribution in [1.82, 2.24) is 10.2 Å². The van der Waals surface area contributed by atoms with Gasteiger partial charge in [0, 0.05) is 13.1 Å². The summed E-state index contributed by atoms with van der Waals surface area (Å²) < 4.78 is 11.0. The maximum absolute atomic E-state index is 12.5. The van der Waals surface area contributed by atoms with Crippen molar-refractivity contribution in [2.75, 3.05) is 33.9 Å². The molecule has 1 aliphatic heterocycles. The van der Waals surface area contributed by atoms with E-state index >= 15 is 0 Å². The molecule has 0 fully saturated rings. The van der Waals surface area contributed by atoms with Gasteiger partial charge < -0.3 is 19.7 Å². The third-order valence-electron chi connectivity index (χ3n) is 4.86. The van der Waals surface area contributed by atoms with Gasteiger partial charge in [-0.1, -0.05) is 30.3 Å². The number of hydrogen-bond donors (Lipinski definition) is 1. The van der Waals surface area contributed by atoms with E-state index in [-0.39, 0.29) is 11.8 Å². The third kappa shape index (κ3) is 5.47. The van der Waals surface area contributed by atoms with Crippen LogP contribution in [-0.2, 0) is 17.8 Å². The second-order valence-electron chi connectivity index (χ2n) is 7.05. The van der Waals surface area contributed by atoms with E-state index in [0.717, 1.165) is 36.6 Å². The number of methoxy groups -OCH3 is 1. The van der Waals surface area contributed by atoms with Crippen molar-refractivity contribution in [3.8, 4) is 11.5 Å². The highest BCUT2D eigenvalue weighted by Gasteiger charge is 2.26. The normalized spacial score (nSPS) is 15.7. The SMILES string of the molecule is COc1ccc2c(c1)C[C@@H](C(=O)NCCCN(C)Cc1ccccc1)CO2. The van der Waals surface area contributed by atoms with Crippen LogP contribution in [-0.4, -0.2) is 44.7 Å². The summed E-state index contributed by atoms with van der Waals surface area (Å²) in [6, 6.07) is 16.2. The minimum Gasteiger partial charge on any atom is -0.497 e. The van der Waals surface area contributed by atoms with Gasteiger partial charge in [-0.3, -0.25) is 4.79 Å². The molecule has 1 aliphatic rings. The highest BCUT2D eigenvalue weighted by Crippen LogP contribution is 2.30. The van der Waals surface area contributed by atoms with Crippen LogP contribution >= 0.6 is 0 Å². The Balaban J connectivity index is 1.39. The van der Waals surface area contributed by atoms with Gasteiger partial charge in [0.1, 0.15) is 18.1 Å². The van der Waals surface area contributed by atoms with Crippen LogP contribution in [0.1, 0.15) is 17.5 Å². The lowest BCUT2D eigenvalue weighted by molar-refractivity contribution is -0.126. The molecule has 1 atom stereocenters. The number of carbonyl (C=O) groups excluding carboxylic acids is 1. The summed E-state index contributed by atoms with van der Waals surface area (Å²) in [5.74, 6) is 1.56. The molecule has 3 rings (SSSR count). The summed E-state index contributed by atoms with van der Waals surface area (Å²) in [7, 11) is 3.75. The Hall–Kier alpha value is -2.53. The predicted octanol–water partition coefficient (Wildman–Crippen LogP) is 2.88. The van der Waals surface area contributed by atoms with Crippen molar-refractivity contribution in [2.24, 2.45) is 5.92 Å².